The van der Waals surface area contributed by atoms with Crippen LogP contribution in [-0.2, 0) is 10.3 Å². The van der Waals surface area contributed by atoms with Crippen molar-refractivity contribution in [2.24, 2.45) is 0 Å². The van der Waals surface area contributed by atoms with Crippen molar-refractivity contribution in [3.8, 4) is 5.75 Å². The largest absolute Gasteiger partial charge is 0.494 e. The van der Waals surface area contributed by atoms with E-state index in [-0.39, 0.29) is 11.9 Å². The maximum absolute atomic E-state index is 12.8. The second-order valence-electron chi connectivity index (χ2n) is 6.68. The van der Waals surface area contributed by atoms with Gasteiger partial charge >= 0.3 is 5.97 Å². The van der Waals surface area contributed by atoms with E-state index in [4.69, 9.17) is 9.47 Å². The summed E-state index contributed by atoms with van der Waals surface area (Å²) in [6.45, 7) is 3.65. The molecule has 4 rings (SSSR count). The zero-order valence-corrected chi connectivity index (χ0v) is 14.7. The molecule has 2 aromatic rings. The Balaban J connectivity index is 1.47. The molecule has 0 aromatic heterocycles. The number of piperidine rings is 1. The number of carbonyl (C=O) groups is 2. The van der Waals surface area contributed by atoms with Crippen LogP contribution in [0.4, 0.5) is 0 Å². The Bertz CT molecular complexity index is 835. The van der Waals surface area contributed by atoms with Crippen LogP contribution in [0.2, 0.25) is 0 Å². The zero-order valence-electron chi connectivity index (χ0n) is 14.7. The summed E-state index contributed by atoms with van der Waals surface area (Å²) in [5.41, 5.74) is 1.67. The number of benzene rings is 2. The van der Waals surface area contributed by atoms with Crippen molar-refractivity contribution in [1.82, 2.24) is 4.90 Å². The number of amides is 1. The number of likely N-dealkylation sites (tertiary alicyclic amines) is 1. The lowest BCUT2D eigenvalue weighted by Crippen LogP contribution is -2.45. The maximum Gasteiger partial charge on any atom is 0.339 e. The second kappa shape index (κ2) is 6.48. The number of hydrogen-bond donors (Lipinski definition) is 0. The monoisotopic (exact) mass is 351 g/mol. The van der Waals surface area contributed by atoms with Crippen molar-refractivity contribution >= 4 is 11.9 Å². The molecule has 0 N–H and O–H groups in total. The van der Waals surface area contributed by atoms with Gasteiger partial charge in [0.1, 0.15) is 11.4 Å². The van der Waals surface area contributed by atoms with Crippen LogP contribution >= 0.6 is 0 Å². The van der Waals surface area contributed by atoms with Crippen LogP contribution < -0.4 is 4.74 Å². The quantitative estimate of drug-likeness (QED) is 0.796. The highest BCUT2D eigenvalue weighted by atomic mass is 16.6. The average Bonchev–Trinajstić information content (AvgIpc) is 2.95. The van der Waals surface area contributed by atoms with Gasteiger partial charge in [-0.1, -0.05) is 18.2 Å². The first-order valence-electron chi connectivity index (χ1n) is 8.98. The summed E-state index contributed by atoms with van der Waals surface area (Å²) >= 11 is 0. The van der Waals surface area contributed by atoms with E-state index in [1.807, 2.05) is 48.2 Å². The molecule has 0 radical (unpaired) electrons. The molecular weight excluding hydrogens is 330 g/mol. The van der Waals surface area contributed by atoms with Gasteiger partial charge in [-0.05, 0) is 37.3 Å². The molecular formula is C21H21NO4. The van der Waals surface area contributed by atoms with Gasteiger partial charge in [-0.15, -0.1) is 0 Å². The number of hydrogen-bond acceptors (Lipinski definition) is 4. The molecule has 2 aliphatic heterocycles. The fraction of sp³-hybridized carbons (Fsp3) is 0.333. The van der Waals surface area contributed by atoms with Gasteiger partial charge in [0.25, 0.3) is 5.91 Å². The lowest BCUT2D eigenvalue weighted by atomic mass is 9.83. The number of carbonyl (C=O) groups excluding carboxylic acids is 2. The number of ether oxygens (including phenoxy) is 2. The second-order valence-corrected chi connectivity index (χ2v) is 6.68. The first kappa shape index (κ1) is 16.6. The summed E-state index contributed by atoms with van der Waals surface area (Å²) in [5, 5.41) is 0. The predicted molar refractivity (Wildman–Crippen MR) is 96.3 cm³/mol. The molecule has 1 spiro atoms. The third-order valence-corrected chi connectivity index (χ3v) is 5.20. The minimum atomic E-state index is -0.580. The molecule has 0 bridgehead atoms. The first-order chi connectivity index (χ1) is 12.6. The van der Waals surface area contributed by atoms with Gasteiger partial charge in [-0.25, -0.2) is 4.79 Å². The van der Waals surface area contributed by atoms with E-state index in [0.29, 0.717) is 43.7 Å². The van der Waals surface area contributed by atoms with Crippen LogP contribution in [0, 0.1) is 0 Å². The molecule has 0 atom stereocenters. The van der Waals surface area contributed by atoms with Crippen LogP contribution in [0.25, 0.3) is 0 Å². The SMILES string of the molecule is CCOc1ccc(C(=O)N2CCC3(CC2)OC(=O)c2ccccc23)cc1. The van der Waals surface area contributed by atoms with E-state index in [0.717, 1.165) is 11.3 Å². The van der Waals surface area contributed by atoms with Gasteiger partial charge < -0.3 is 14.4 Å². The van der Waals surface area contributed by atoms with Crippen molar-refractivity contribution in [3.63, 3.8) is 0 Å². The highest BCUT2D eigenvalue weighted by molar-refractivity contribution is 5.95. The molecule has 5 heteroatoms. The maximum atomic E-state index is 12.8. The summed E-state index contributed by atoms with van der Waals surface area (Å²) in [4.78, 5) is 26.7. The number of fused-ring (bicyclic) bond motifs is 2. The highest BCUT2D eigenvalue weighted by Gasteiger charge is 2.47. The van der Waals surface area contributed by atoms with Gasteiger partial charge in [0.2, 0.25) is 0 Å². The Hall–Kier alpha value is -2.82. The van der Waals surface area contributed by atoms with E-state index < -0.39 is 5.60 Å². The van der Waals surface area contributed by atoms with Crippen LogP contribution in [0.1, 0.15) is 46.0 Å². The van der Waals surface area contributed by atoms with Crippen LogP contribution in [0.3, 0.4) is 0 Å². The minimum absolute atomic E-state index is 0.000470. The van der Waals surface area contributed by atoms with Gasteiger partial charge in [-0.2, -0.15) is 0 Å². The Morgan fingerprint density at radius 1 is 1.12 bits per heavy atom. The summed E-state index contributed by atoms with van der Waals surface area (Å²) in [7, 11) is 0. The normalized spacial score (nSPS) is 17.7. The number of rotatable bonds is 3. The Kier molecular flexibility index (Phi) is 4.15. The fourth-order valence-electron chi connectivity index (χ4n) is 3.83. The van der Waals surface area contributed by atoms with Crippen LogP contribution in [-0.4, -0.2) is 36.5 Å². The number of nitrogens with zero attached hydrogens (tertiary/aromatic N) is 1. The van der Waals surface area contributed by atoms with Gasteiger partial charge in [0.05, 0.1) is 12.2 Å². The molecule has 0 unspecified atom stereocenters. The van der Waals surface area contributed by atoms with E-state index in [9.17, 15) is 9.59 Å². The summed E-state index contributed by atoms with van der Waals surface area (Å²) in [6.07, 6.45) is 1.25. The Morgan fingerprint density at radius 3 is 2.50 bits per heavy atom. The molecule has 134 valence electrons. The smallest absolute Gasteiger partial charge is 0.339 e. The molecule has 26 heavy (non-hydrogen) atoms. The fourth-order valence-corrected chi connectivity index (χ4v) is 3.83. The average molecular weight is 351 g/mol. The summed E-state index contributed by atoms with van der Waals surface area (Å²) < 4.78 is 11.2. The Morgan fingerprint density at radius 2 is 1.81 bits per heavy atom. The van der Waals surface area contributed by atoms with Crippen LogP contribution in [0.5, 0.6) is 5.75 Å². The molecule has 0 aliphatic carbocycles. The lowest BCUT2D eigenvalue weighted by Gasteiger charge is -2.38. The molecule has 2 aliphatic rings. The van der Waals surface area contributed by atoms with Crippen molar-refractivity contribution in [1.29, 1.82) is 0 Å². The lowest BCUT2D eigenvalue weighted by molar-refractivity contribution is -0.0389. The molecule has 0 saturated carbocycles. The third kappa shape index (κ3) is 2.73. The molecule has 5 nitrogen and oxygen atoms in total. The third-order valence-electron chi connectivity index (χ3n) is 5.20. The zero-order chi connectivity index (χ0) is 18.1. The van der Waals surface area contributed by atoms with E-state index in [2.05, 4.69) is 0 Å². The van der Waals surface area contributed by atoms with Crippen molar-refractivity contribution in [2.75, 3.05) is 19.7 Å². The van der Waals surface area contributed by atoms with Crippen molar-refractivity contribution in [2.45, 2.75) is 25.4 Å². The van der Waals surface area contributed by atoms with Crippen molar-refractivity contribution < 1.29 is 19.1 Å². The predicted octanol–water partition coefficient (Wildman–Crippen LogP) is 3.39. The van der Waals surface area contributed by atoms with Gasteiger partial charge in [-0.3, -0.25) is 4.79 Å². The number of esters is 1. The van der Waals surface area contributed by atoms with Crippen molar-refractivity contribution in [3.05, 3.63) is 65.2 Å². The Labute approximate surface area is 152 Å². The van der Waals surface area contributed by atoms with E-state index in [1.165, 1.54) is 0 Å². The molecule has 1 fully saturated rings. The molecule has 1 amide bonds. The summed E-state index contributed by atoms with van der Waals surface area (Å²) in [5.74, 6) is 0.503. The highest BCUT2D eigenvalue weighted by Crippen LogP contribution is 2.44. The molecule has 2 heterocycles. The van der Waals surface area contributed by atoms with Gasteiger partial charge in [0.15, 0.2) is 0 Å². The van der Waals surface area contributed by atoms with Gasteiger partial charge in [0, 0.05) is 37.1 Å². The van der Waals surface area contributed by atoms with E-state index >= 15 is 0 Å². The van der Waals surface area contributed by atoms with E-state index in [1.54, 1.807) is 12.1 Å². The van der Waals surface area contributed by atoms with Crippen LogP contribution in [0.15, 0.2) is 48.5 Å². The first-order valence-corrected chi connectivity index (χ1v) is 8.98. The summed E-state index contributed by atoms with van der Waals surface area (Å²) in [6, 6.07) is 14.8. The topological polar surface area (TPSA) is 55.8 Å². The minimum Gasteiger partial charge on any atom is -0.494 e. The molecule has 2 aromatic carbocycles. The standard InChI is InChI=1S/C21H21NO4/c1-2-25-16-9-7-15(8-10-16)19(23)22-13-11-21(12-14-22)18-6-4-3-5-17(18)20(24)26-21/h3-10H,2,11-14H2,1H3. The molecule has 1 saturated heterocycles.